The predicted molar refractivity (Wildman–Crippen MR) is 79.8 cm³/mol. The number of allylic oxidation sites excluding steroid dienone is 1. The zero-order valence-electron chi connectivity index (χ0n) is 12.5. The topological polar surface area (TPSA) is 78.1 Å². The van der Waals surface area contributed by atoms with E-state index in [2.05, 4.69) is 0 Å². The lowest BCUT2D eigenvalue weighted by atomic mass is 10.1. The average Bonchev–Trinajstić information content (AvgIpc) is 3.04. The second kappa shape index (κ2) is 6.71. The highest BCUT2D eigenvalue weighted by Gasteiger charge is 2.23. The van der Waals surface area contributed by atoms with Crippen molar-refractivity contribution in [2.75, 3.05) is 21.3 Å². The number of benzene rings is 1. The van der Waals surface area contributed by atoms with Gasteiger partial charge in [-0.15, -0.1) is 0 Å². The zero-order chi connectivity index (χ0) is 16.1. The van der Waals surface area contributed by atoms with Crippen LogP contribution in [0, 0.1) is 0 Å². The fraction of sp³-hybridized carbons (Fsp3) is 0.188. The van der Waals surface area contributed by atoms with E-state index >= 15 is 0 Å². The van der Waals surface area contributed by atoms with E-state index in [1.165, 1.54) is 45.8 Å². The third-order valence-corrected chi connectivity index (χ3v) is 3.02. The molecule has 0 fully saturated rings. The third kappa shape index (κ3) is 2.90. The molecule has 0 unspecified atom stereocenters. The van der Waals surface area contributed by atoms with Crippen molar-refractivity contribution >= 4 is 11.9 Å². The summed E-state index contributed by atoms with van der Waals surface area (Å²) >= 11 is 0. The van der Waals surface area contributed by atoms with Crippen molar-refractivity contribution in [3.8, 4) is 23.0 Å². The van der Waals surface area contributed by atoms with Gasteiger partial charge >= 0.3 is 0 Å². The van der Waals surface area contributed by atoms with Crippen LogP contribution in [-0.2, 0) is 0 Å². The Morgan fingerprint density at radius 2 is 1.91 bits per heavy atom. The molecule has 0 aliphatic heterocycles. The fourth-order valence-electron chi connectivity index (χ4n) is 1.98. The van der Waals surface area contributed by atoms with E-state index in [0.717, 1.165) is 0 Å². The SMILES string of the molecule is COc1cc(OC)c(C(=O)/C=C/c2ccco2)c(O)c1OC. The van der Waals surface area contributed by atoms with Crippen molar-refractivity contribution in [2.24, 2.45) is 0 Å². The maximum atomic E-state index is 12.3. The lowest BCUT2D eigenvalue weighted by molar-refractivity contribution is 0.104. The van der Waals surface area contributed by atoms with Crippen molar-refractivity contribution in [1.29, 1.82) is 0 Å². The molecular formula is C16H16O6. The van der Waals surface area contributed by atoms with E-state index in [1.807, 2.05) is 0 Å². The van der Waals surface area contributed by atoms with Gasteiger partial charge in [0.05, 0.1) is 27.6 Å². The van der Waals surface area contributed by atoms with Crippen LogP contribution in [0.3, 0.4) is 0 Å². The van der Waals surface area contributed by atoms with Crippen molar-refractivity contribution < 1.29 is 28.5 Å². The van der Waals surface area contributed by atoms with Crippen LogP contribution in [0.25, 0.3) is 6.08 Å². The summed E-state index contributed by atoms with van der Waals surface area (Å²) in [5.74, 6) is 0.248. The summed E-state index contributed by atoms with van der Waals surface area (Å²) in [7, 11) is 4.19. The molecule has 22 heavy (non-hydrogen) atoms. The molecule has 0 atom stereocenters. The first-order chi connectivity index (χ1) is 10.6. The third-order valence-electron chi connectivity index (χ3n) is 3.02. The Balaban J connectivity index is 2.46. The average molecular weight is 304 g/mol. The Bertz CT molecular complexity index is 685. The monoisotopic (exact) mass is 304 g/mol. The van der Waals surface area contributed by atoms with Crippen molar-refractivity contribution in [2.45, 2.75) is 0 Å². The largest absolute Gasteiger partial charge is 0.504 e. The Labute approximate surface area is 127 Å². The molecule has 0 aliphatic rings. The lowest BCUT2D eigenvalue weighted by Crippen LogP contribution is -2.03. The van der Waals surface area contributed by atoms with Gasteiger partial charge in [-0.2, -0.15) is 0 Å². The zero-order valence-corrected chi connectivity index (χ0v) is 12.5. The van der Waals surface area contributed by atoms with Gasteiger partial charge in [-0.1, -0.05) is 0 Å². The molecule has 6 nitrogen and oxygen atoms in total. The molecule has 0 radical (unpaired) electrons. The van der Waals surface area contributed by atoms with Gasteiger partial charge in [0.2, 0.25) is 5.75 Å². The molecule has 1 N–H and O–H groups in total. The molecule has 1 heterocycles. The highest BCUT2D eigenvalue weighted by atomic mass is 16.5. The number of phenolic OH excluding ortho intramolecular Hbond substituents is 1. The summed E-state index contributed by atoms with van der Waals surface area (Å²) < 4.78 is 20.4. The number of ether oxygens (including phenoxy) is 3. The lowest BCUT2D eigenvalue weighted by Gasteiger charge is -2.15. The number of carbonyl (C=O) groups is 1. The number of hydrogen-bond acceptors (Lipinski definition) is 6. The summed E-state index contributed by atoms with van der Waals surface area (Å²) in [6.07, 6.45) is 4.28. The number of furan rings is 1. The number of rotatable bonds is 6. The number of phenols is 1. The van der Waals surface area contributed by atoms with Gasteiger partial charge in [-0.25, -0.2) is 0 Å². The molecule has 116 valence electrons. The smallest absolute Gasteiger partial charge is 0.204 e. The first kappa shape index (κ1) is 15.5. The van der Waals surface area contributed by atoms with E-state index < -0.39 is 5.78 Å². The summed E-state index contributed by atoms with van der Waals surface area (Å²) in [5.41, 5.74) is -0.0112. The Morgan fingerprint density at radius 3 is 2.45 bits per heavy atom. The standard InChI is InChI=1S/C16H16O6/c1-19-12-9-13(20-2)16(21-3)15(18)14(12)11(17)7-6-10-5-4-8-22-10/h4-9,18H,1-3H3/b7-6+. The van der Waals surface area contributed by atoms with Crippen LogP contribution in [0.15, 0.2) is 35.0 Å². The van der Waals surface area contributed by atoms with Crippen LogP contribution >= 0.6 is 0 Å². The molecule has 0 amide bonds. The molecule has 1 aromatic heterocycles. The maximum absolute atomic E-state index is 12.3. The minimum absolute atomic E-state index is 0.0112. The van der Waals surface area contributed by atoms with E-state index in [1.54, 1.807) is 12.1 Å². The molecule has 0 spiro atoms. The van der Waals surface area contributed by atoms with Crippen molar-refractivity contribution in [3.63, 3.8) is 0 Å². The molecule has 0 saturated carbocycles. The van der Waals surface area contributed by atoms with Gasteiger partial charge in [0, 0.05) is 6.07 Å². The molecule has 6 heteroatoms. The number of hydrogen-bond donors (Lipinski definition) is 1. The normalized spacial score (nSPS) is 10.7. The van der Waals surface area contributed by atoms with Crippen LogP contribution < -0.4 is 14.2 Å². The van der Waals surface area contributed by atoms with Gasteiger partial charge in [0.15, 0.2) is 17.3 Å². The quantitative estimate of drug-likeness (QED) is 0.653. The van der Waals surface area contributed by atoms with Gasteiger partial charge in [-0.05, 0) is 24.3 Å². The highest BCUT2D eigenvalue weighted by Crippen LogP contribution is 2.44. The van der Waals surface area contributed by atoms with Crippen LogP contribution in [0.1, 0.15) is 16.1 Å². The van der Waals surface area contributed by atoms with Gasteiger partial charge in [-0.3, -0.25) is 4.79 Å². The van der Waals surface area contributed by atoms with Crippen molar-refractivity contribution in [3.05, 3.63) is 41.9 Å². The highest BCUT2D eigenvalue weighted by molar-refractivity contribution is 6.11. The second-order valence-electron chi connectivity index (χ2n) is 4.25. The number of carbonyl (C=O) groups excluding carboxylic acids is 1. The predicted octanol–water partition coefficient (Wildman–Crippen LogP) is 2.91. The molecule has 2 aromatic rings. The summed E-state index contributed by atoms with van der Waals surface area (Å²) in [5, 5.41) is 10.3. The Morgan fingerprint density at radius 1 is 1.18 bits per heavy atom. The second-order valence-corrected chi connectivity index (χ2v) is 4.25. The number of methoxy groups -OCH3 is 3. The van der Waals surface area contributed by atoms with E-state index in [4.69, 9.17) is 18.6 Å². The van der Waals surface area contributed by atoms with E-state index in [9.17, 15) is 9.90 Å². The molecule has 0 saturated heterocycles. The summed E-state index contributed by atoms with van der Waals surface area (Å²) in [6, 6.07) is 4.89. The van der Waals surface area contributed by atoms with Crippen molar-refractivity contribution in [1.82, 2.24) is 0 Å². The van der Waals surface area contributed by atoms with Crippen LogP contribution in [0.2, 0.25) is 0 Å². The molecule has 0 aliphatic carbocycles. The number of aromatic hydroxyl groups is 1. The van der Waals surface area contributed by atoms with Crippen LogP contribution in [-0.4, -0.2) is 32.2 Å². The van der Waals surface area contributed by atoms with E-state index in [0.29, 0.717) is 5.76 Å². The van der Waals surface area contributed by atoms with Gasteiger partial charge in [0.1, 0.15) is 17.1 Å². The fourth-order valence-corrected chi connectivity index (χ4v) is 1.98. The Kier molecular flexibility index (Phi) is 4.73. The first-order valence-electron chi connectivity index (χ1n) is 6.40. The van der Waals surface area contributed by atoms with Gasteiger partial charge < -0.3 is 23.7 Å². The van der Waals surface area contributed by atoms with E-state index in [-0.39, 0.29) is 28.6 Å². The summed E-state index contributed by atoms with van der Waals surface area (Å²) in [6.45, 7) is 0. The minimum Gasteiger partial charge on any atom is -0.504 e. The summed E-state index contributed by atoms with van der Waals surface area (Å²) in [4.78, 5) is 12.3. The number of ketones is 1. The Hall–Kier alpha value is -2.89. The van der Waals surface area contributed by atoms with Crippen LogP contribution in [0.5, 0.6) is 23.0 Å². The molecular weight excluding hydrogens is 288 g/mol. The maximum Gasteiger partial charge on any atom is 0.204 e. The van der Waals surface area contributed by atoms with Gasteiger partial charge in [0.25, 0.3) is 0 Å². The molecule has 1 aromatic carbocycles. The first-order valence-corrected chi connectivity index (χ1v) is 6.40. The molecule has 2 rings (SSSR count). The minimum atomic E-state index is -0.452. The molecule has 0 bridgehead atoms. The van der Waals surface area contributed by atoms with Crippen LogP contribution in [0.4, 0.5) is 0 Å².